The fraction of sp³-hybridized carbons (Fsp3) is 0.286. The van der Waals surface area contributed by atoms with E-state index in [2.05, 4.69) is 22.5 Å². The van der Waals surface area contributed by atoms with Gasteiger partial charge in [0.15, 0.2) is 0 Å². The van der Waals surface area contributed by atoms with Crippen LogP contribution >= 0.6 is 0 Å². The van der Waals surface area contributed by atoms with Gasteiger partial charge in [-0.1, -0.05) is 17.9 Å². The maximum absolute atomic E-state index is 11.8. The van der Waals surface area contributed by atoms with Gasteiger partial charge in [0.25, 0.3) is 5.91 Å². The summed E-state index contributed by atoms with van der Waals surface area (Å²) in [6.45, 7) is 1.97. The standard InChI is InChI=1S/C14H16N2O3/c1-11(18)15-7-8-16-14(19)13-6-2-4-12(10-13)5-3-9-17/h2,4,6,10,17H,7-9H2,1H3,(H,15,18)(H,16,19). The smallest absolute Gasteiger partial charge is 0.251 e. The number of rotatable bonds is 4. The van der Waals surface area contributed by atoms with Crippen molar-refractivity contribution in [3.63, 3.8) is 0 Å². The molecule has 0 heterocycles. The highest BCUT2D eigenvalue weighted by Gasteiger charge is 2.04. The molecule has 2 amide bonds. The van der Waals surface area contributed by atoms with Gasteiger partial charge in [-0.3, -0.25) is 9.59 Å². The number of carbonyl (C=O) groups excluding carboxylic acids is 2. The number of aliphatic hydroxyl groups excluding tert-OH is 1. The van der Waals surface area contributed by atoms with Gasteiger partial charge in [-0.15, -0.1) is 0 Å². The lowest BCUT2D eigenvalue weighted by molar-refractivity contribution is -0.118. The number of nitrogens with one attached hydrogen (secondary N) is 2. The highest BCUT2D eigenvalue weighted by Crippen LogP contribution is 2.03. The third kappa shape index (κ3) is 5.70. The van der Waals surface area contributed by atoms with Gasteiger partial charge in [-0.25, -0.2) is 0 Å². The summed E-state index contributed by atoms with van der Waals surface area (Å²) in [6.07, 6.45) is 0. The number of amides is 2. The topological polar surface area (TPSA) is 78.4 Å². The van der Waals surface area contributed by atoms with Gasteiger partial charge in [-0.2, -0.15) is 0 Å². The first kappa shape index (κ1) is 14.7. The minimum atomic E-state index is -0.224. The summed E-state index contributed by atoms with van der Waals surface area (Å²) in [5.41, 5.74) is 1.16. The van der Waals surface area contributed by atoms with Gasteiger partial charge in [0.05, 0.1) is 0 Å². The van der Waals surface area contributed by atoms with Crippen molar-refractivity contribution in [3.8, 4) is 11.8 Å². The van der Waals surface area contributed by atoms with Crippen LogP contribution in [-0.2, 0) is 4.79 Å². The number of hydrogen-bond donors (Lipinski definition) is 3. The van der Waals surface area contributed by atoms with Crippen LogP contribution in [0.25, 0.3) is 0 Å². The average molecular weight is 260 g/mol. The van der Waals surface area contributed by atoms with E-state index in [0.29, 0.717) is 24.2 Å². The lowest BCUT2D eigenvalue weighted by Crippen LogP contribution is -2.33. The minimum Gasteiger partial charge on any atom is -0.384 e. The van der Waals surface area contributed by atoms with Gasteiger partial charge < -0.3 is 15.7 Å². The lowest BCUT2D eigenvalue weighted by atomic mass is 10.1. The molecule has 5 nitrogen and oxygen atoms in total. The molecule has 100 valence electrons. The van der Waals surface area contributed by atoms with Gasteiger partial charge in [-0.05, 0) is 18.2 Å². The van der Waals surface area contributed by atoms with Crippen LogP contribution in [0.5, 0.6) is 0 Å². The first-order chi connectivity index (χ1) is 9.13. The van der Waals surface area contributed by atoms with Crippen molar-refractivity contribution in [1.82, 2.24) is 10.6 Å². The Morgan fingerprint density at radius 3 is 2.68 bits per heavy atom. The molecular formula is C14H16N2O3. The quantitative estimate of drug-likeness (QED) is 0.522. The summed E-state index contributed by atoms with van der Waals surface area (Å²) >= 11 is 0. The summed E-state index contributed by atoms with van der Waals surface area (Å²) in [5.74, 6) is 4.90. The van der Waals surface area contributed by atoms with Crippen LogP contribution in [0.2, 0.25) is 0 Å². The predicted octanol–water partition coefficient (Wildman–Crippen LogP) is -0.104. The highest BCUT2D eigenvalue weighted by molar-refractivity contribution is 5.94. The first-order valence-electron chi connectivity index (χ1n) is 5.86. The predicted molar refractivity (Wildman–Crippen MR) is 71.4 cm³/mol. The Hall–Kier alpha value is -2.32. The summed E-state index contributed by atoms with van der Waals surface area (Å²) in [6, 6.07) is 6.81. The van der Waals surface area contributed by atoms with Crippen LogP contribution < -0.4 is 10.6 Å². The monoisotopic (exact) mass is 260 g/mol. The first-order valence-corrected chi connectivity index (χ1v) is 5.86. The van der Waals surface area contributed by atoms with Crippen LogP contribution in [0.4, 0.5) is 0 Å². The molecule has 3 N–H and O–H groups in total. The fourth-order valence-corrected chi connectivity index (χ4v) is 1.40. The molecule has 1 aromatic carbocycles. The number of hydrogen-bond acceptors (Lipinski definition) is 3. The summed E-state index contributed by atoms with van der Waals surface area (Å²) in [4.78, 5) is 22.4. The molecule has 0 aliphatic heterocycles. The molecule has 1 rings (SSSR count). The molecule has 0 aromatic heterocycles. The Labute approximate surface area is 112 Å². The zero-order chi connectivity index (χ0) is 14.1. The van der Waals surface area contributed by atoms with E-state index in [0.717, 1.165) is 0 Å². The Kier molecular flexibility index (Phi) is 6.13. The highest BCUT2D eigenvalue weighted by atomic mass is 16.2. The maximum atomic E-state index is 11.8. The molecule has 0 saturated heterocycles. The second-order valence-electron chi connectivity index (χ2n) is 3.78. The molecule has 0 bridgehead atoms. The lowest BCUT2D eigenvalue weighted by Gasteiger charge is -2.05. The molecule has 0 aliphatic carbocycles. The molecule has 0 saturated carbocycles. The van der Waals surface area contributed by atoms with Gasteiger partial charge >= 0.3 is 0 Å². The van der Waals surface area contributed by atoms with Crippen molar-refractivity contribution in [1.29, 1.82) is 0 Å². The zero-order valence-electron chi connectivity index (χ0n) is 10.7. The summed E-state index contributed by atoms with van der Waals surface area (Å²) < 4.78 is 0. The molecule has 19 heavy (non-hydrogen) atoms. The van der Waals surface area contributed by atoms with Crippen molar-refractivity contribution < 1.29 is 14.7 Å². The third-order valence-electron chi connectivity index (χ3n) is 2.22. The number of benzene rings is 1. The summed E-state index contributed by atoms with van der Waals surface area (Å²) in [7, 11) is 0. The molecule has 0 unspecified atom stereocenters. The Morgan fingerprint density at radius 1 is 1.26 bits per heavy atom. The molecule has 5 heteroatoms. The SMILES string of the molecule is CC(=O)NCCNC(=O)c1cccc(C#CCO)c1. The molecule has 0 fully saturated rings. The van der Waals surface area contributed by atoms with Crippen LogP contribution in [0.3, 0.4) is 0 Å². The third-order valence-corrected chi connectivity index (χ3v) is 2.22. The van der Waals surface area contributed by atoms with E-state index < -0.39 is 0 Å². The van der Waals surface area contributed by atoms with Crippen LogP contribution in [0.1, 0.15) is 22.8 Å². The van der Waals surface area contributed by atoms with E-state index in [4.69, 9.17) is 5.11 Å². The van der Waals surface area contributed by atoms with E-state index in [1.165, 1.54) is 6.92 Å². The molecule has 0 spiro atoms. The van der Waals surface area contributed by atoms with Crippen LogP contribution in [0, 0.1) is 11.8 Å². The second-order valence-corrected chi connectivity index (χ2v) is 3.78. The van der Waals surface area contributed by atoms with E-state index in [9.17, 15) is 9.59 Å². The van der Waals surface area contributed by atoms with Crippen molar-refractivity contribution in [3.05, 3.63) is 35.4 Å². The Bertz CT molecular complexity index is 515. The number of aliphatic hydroxyl groups is 1. The van der Waals surface area contributed by atoms with E-state index in [1.54, 1.807) is 24.3 Å². The molecule has 0 atom stereocenters. The Morgan fingerprint density at radius 2 is 2.00 bits per heavy atom. The van der Waals surface area contributed by atoms with Gasteiger partial charge in [0, 0.05) is 31.1 Å². The van der Waals surface area contributed by atoms with Crippen molar-refractivity contribution in [2.45, 2.75) is 6.92 Å². The van der Waals surface area contributed by atoms with Crippen molar-refractivity contribution in [2.24, 2.45) is 0 Å². The summed E-state index contributed by atoms with van der Waals surface area (Å²) in [5, 5.41) is 13.9. The van der Waals surface area contributed by atoms with Gasteiger partial charge in [0.2, 0.25) is 5.91 Å². The van der Waals surface area contributed by atoms with Crippen LogP contribution in [0.15, 0.2) is 24.3 Å². The van der Waals surface area contributed by atoms with Crippen LogP contribution in [-0.4, -0.2) is 36.6 Å². The van der Waals surface area contributed by atoms with Crippen molar-refractivity contribution in [2.75, 3.05) is 19.7 Å². The molecule has 1 aromatic rings. The van der Waals surface area contributed by atoms with E-state index >= 15 is 0 Å². The van der Waals surface area contributed by atoms with Gasteiger partial charge in [0.1, 0.15) is 6.61 Å². The second kappa shape index (κ2) is 7.90. The zero-order valence-corrected chi connectivity index (χ0v) is 10.7. The molecule has 0 radical (unpaired) electrons. The van der Waals surface area contributed by atoms with E-state index in [-0.39, 0.29) is 18.4 Å². The Balaban J connectivity index is 2.54. The largest absolute Gasteiger partial charge is 0.384 e. The maximum Gasteiger partial charge on any atom is 0.251 e. The number of carbonyl (C=O) groups is 2. The average Bonchev–Trinajstić information content (AvgIpc) is 2.41. The minimum absolute atomic E-state index is 0.129. The fourth-order valence-electron chi connectivity index (χ4n) is 1.40. The molecular weight excluding hydrogens is 244 g/mol. The van der Waals surface area contributed by atoms with E-state index in [1.807, 2.05) is 0 Å². The molecule has 0 aliphatic rings. The van der Waals surface area contributed by atoms with Crippen molar-refractivity contribution >= 4 is 11.8 Å². The normalized spacial score (nSPS) is 9.16.